The molecule has 128 valence electrons. The predicted octanol–water partition coefficient (Wildman–Crippen LogP) is 2.35. The quantitative estimate of drug-likeness (QED) is 0.771. The van der Waals surface area contributed by atoms with Gasteiger partial charge < -0.3 is 19.5 Å². The van der Waals surface area contributed by atoms with Crippen LogP contribution in [-0.4, -0.2) is 54.9 Å². The van der Waals surface area contributed by atoms with Crippen molar-refractivity contribution in [2.45, 2.75) is 25.9 Å². The molecule has 1 aromatic rings. The van der Waals surface area contributed by atoms with Gasteiger partial charge in [-0.2, -0.15) is 0 Å². The van der Waals surface area contributed by atoms with Crippen LogP contribution in [0.25, 0.3) is 0 Å². The molecule has 2 rings (SSSR count). The number of rotatable bonds is 7. The predicted molar refractivity (Wildman–Crippen MR) is 88.8 cm³/mol. The smallest absolute Gasteiger partial charge is 0.309 e. The van der Waals surface area contributed by atoms with E-state index in [1.54, 1.807) is 24.3 Å². The van der Waals surface area contributed by atoms with Crippen LogP contribution in [0.2, 0.25) is 5.02 Å². The summed E-state index contributed by atoms with van der Waals surface area (Å²) in [7, 11) is 0. The topological polar surface area (TPSA) is 59.0 Å². The number of carbonyl (C=O) groups excluding carboxylic acids is 1. The van der Waals surface area contributed by atoms with E-state index in [0.29, 0.717) is 23.9 Å². The van der Waals surface area contributed by atoms with E-state index >= 15 is 0 Å². The number of likely N-dealkylation sites (tertiary alicyclic amines) is 1. The van der Waals surface area contributed by atoms with Gasteiger partial charge >= 0.3 is 5.97 Å². The highest BCUT2D eigenvalue weighted by Gasteiger charge is 2.26. The fourth-order valence-corrected chi connectivity index (χ4v) is 2.81. The van der Waals surface area contributed by atoms with Gasteiger partial charge in [0.05, 0.1) is 12.5 Å². The number of esters is 1. The van der Waals surface area contributed by atoms with Crippen molar-refractivity contribution < 1.29 is 19.4 Å². The number of hydrogen-bond acceptors (Lipinski definition) is 5. The number of hydrogen-bond donors (Lipinski definition) is 1. The zero-order valence-corrected chi connectivity index (χ0v) is 14.2. The second-order valence-corrected chi connectivity index (χ2v) is 6.18. The average molecular weight is 342 g/mol. The summed E-state index contributed by atoms with van der Waals surface area (Å²) in [4.78, 5) is 13.8. The molecule has 1 heterocycles. The third-order valence-electron chi connectivity index (χ3n) is 3.93. The maximum Gasteiger partial charge on any atom is 0.309 e. The lowest BCUT2D eigenvalue weighted by Gasteiger charge is -2.32. The summed E-state index contributed by atoms with van der Waals surface area (Å²) in [5.74, 6) is 0.585. The molecule has 6 heteroatoms. The van der Waals surface area contributed by atoms with Crippen molar-refractivity contribution in [1.29, 1.82) is 0 Å². The van der Waals surface area contributed by atoms with E-state index in [0.717, 1.165) is 25.9 Å². The Labute approximate surface area is 142 Å². The molecule has 1 N–H and O–H groups in total. The van der Waals surface area contributed by atoms with Gasteiger partial charge in [0.25, 0.3) is 0 Å². The van der Waals surface area contributed by atoms with Gasteiger partial charge in [-0.05, 0) is 57.1 Å². The summed E-state index contributed by atoms with van der Waals surface area (Å²) in [5.41, 5.74) is 0. The van der Waals surface area contributed by atoms with Crippen LogP contribution in [0.3, 0.4) is 0 Å². The molecule has 0 spiro atoms. The van der Waals surface area contributed by atoms with E-state index in [1.165, 1.54) is 0 Å². The van der Waals surface area contributed by atoms with E-state index in [-0.39, 0.29) is 18.5 Å². The summed E-state index contributed by atoms with van der Waals surface area (Å²) >= 11 is 5.81. The van der Waals surface area contributed by atoms with E-state index < -0.39 is 6.10 Å². The molecule has 1 aliphatic heterocycles. The summed E-state index contributed by atoms with van der Waals surface area (Å²) in [5, 5.41) is 10.7. The monoisotopic (exact) mass is 341 g/mol. The van der Waals surface area contributed by atoms with Gasteiger partial charge in [0.2, 0.25) is 0 Å². The first-order valence-corrected chi connectivity index (χ1v) is 8.41. The van der Waals surface area contributed by atoms with Crippen LogP contribution < -0.4 is 4.74 Å². The molecule has 0 aromatic heterocycles. The highest BCUT2D eigenvalue weighted by atomic mass is 35.5. The minimum absolute atomic E-state index is 0.00587. The van der Waals surface area contributed by atoms with E-state index in [1.807, 2.05) is 6.92 Å². The Morgan fingerprint density at radius 3 is 2.61 bits per heavy atom. The lowest BCUT2D eigenvalue weighted by atomic mass is 9.97. The molecule has 0 unspecified atom stereocenters. The maximum atomic E-state index is 11.7. The van der Waals surface area contributed by atoms with E-state index in [2.05, 4.69) is 4.90 Å². The van der Waals surface area contributed by atoms with Crippen molar-refractivity contribution >= 4 is 17.6 Å². The fraction of sp³-hybridized carbons (Fsp3) is 0.588. The van der Waals surface area contributed by atoms with Crippen molar-refractivity contribution in [2.75, 3.05) is 32.8 Å². The number of ether oxygens (including phenoxy) is 2. The van der Waals surface area contributed by atoms with Crippen LogP contribution in [-0.2, 0) is 9.53 Å². The molecule has 1 aromatic carbocycles. The van der Waals surface area contributed by atoms with Crippen molar-refractivity contribution in [3.8, 4) is 5.75 Å². The van der Waals surface area contributed by atoms with Crippen LogP contribution >= 0.6 is 11.6 Å². The number of aliphatic hydroxyl groups excluding tert-OH is 1. The van der Waals surface area contributed by atoms with Crippen LogP contribution in [0.1, 0.15) is 19.8 Å². The van der Waals surface area contributed by atoms with Gasteiger partial charge in [-0.1, -0.05) is 11.6 Å². The van der Waals surface area contributed by atoms with Crippen molar-refractivity contribution in [2.24, 2.45) is 5.92 Å². The Balaban J connectivity index is 1.67. The average Bonchev–Trinajstić information content (AvgIpc) is 2.55. The Hall–Kier alpha value is -1.30. The largest absolute Gasteiger partial charge is 0.491 e. The van der Waals surface area contributed by atoms with Crippen molar-refractivity contribution in [3.05, 3.63) is 29.3 Å². The molecule has 0 radical (unpaired) electrons. The molecule has 0 bridgehead atoms. The standard InChI is InChI=1S/C17H24ClNO4/c1-2-22-17(21)13-7-9-19(10-8-13)11-15(20)12-23-16-5-3-14(18)4-6-16/h3-6,13,15,20H,2,7-12H2,1H3/t15-/m1/s1. The first-order valence-electron chi connectivity index (χ1n) is 8.04. The molecule has 1 saturated heterocycles. The summed E-state index contributed by atoms with van der Waals surface area (Å²) < 4.78 is 10.6. The van der Waals surface area contributed by atoms with E-state index in [4.69, 9.17) is 21.1 Å². The molecular formula is C17H24ClNO4. The molecule has 5 nitrogen and oxygen atoms in total. The van der Waals surface area contributed by atoms with Crippen LogP contribution in [0.15, 0.2) is 24.3 Å². The van der Waals surface area contributed by atoms with Gasteiger partial charge in [0.1, 0.15) is 18.5 Å². The van der Waals surface area contributed by atoms with Gasteiger partial charge in [-0.25, -0.2) is 0 Å². The second kappa shape index (κ2) is 9.11. The Bertz CT molecular complexity index is 486. The van der Waals surface area contributed by atoms with Crippen molar-refractivity contribution in [3.63, 3.8) is 0 Å². The summed E-state index contributed by atoms with van der Waals surface area (Å²) in [6, 6.07) is 7.06. The third-order valence-corrected chi connectivity index (χ3v) is 4.18. The Morgan fingerprint density at radius 1 is 1.35 bits per heavy atom. The van der Waals surface area contributed by atoms with Gasteiger partial charge in [0, 0.05) is 11.6 Å². The molecule has 0 amide bonds. The number of aliphatic hydroxyl groups is 1. The molecule has 23 heavy (non-hydrogen) atoms. The first kappa shape index (κ1) is 18.0. The number of β-amino-alcohol motifs (C(OH)–C–C–N with tert-alkyl or cyclic N) is 1. The number of halogens is 1. The highest BCUT2D eigenvalue weighted by Crippen LogP contribution is 2.19. The molecule has 1 aliphatic rings. The Morgan fingerprint density at radius 2 is 2.00 bits per heavy atom. The van der Waals surface area contributed by atoms with Crippen LogP contribution in [0.4, 0.5) is 0 Å². The molecule has 0 aliphatic carbocycles. The van der Waals surface area contributed by atoms with Crippen molar-refractivity contribution in [1.82, 2.24) is 4.90 Å². The van der Waals surface area contributed by atoms with E-state index in [9.17, 15) is 9.90 Å². The lowest BCUT2D eigenvalue weighted by molar-refractivity contribution is -0.149. The molecule has 1 atom stereocenters. The number of benzene rings is 1. The van der Waals surface area contributed by atoms with Gasteiger partial charge in [-0.3, -0.25) is 4.79 Å². The number of piperidine rings is 1. The van der Waals surface area contributed by atoms with Crippen LogP contribution in [0, 0.1) is 5.92 Å². The molecular weight excluding hydrogens is 318 g/mol. The second-order valence-electron chi connectivity index (χ2n) is 5.75. The zero-order valence-electron chi connectivity index (χ0n) is 13.4. The highest BCUT2D eigenvalue weighted by molar-refractivity contribution is 6.30. The number of nitrogens with zero attached hydrogens (tertiary/aromatic N) is 1. The summed E-state index contributed by atoms with van der Waals surface area (Å²) in [6.45, 7) is 4.62. The molecule has 0 saturated carbocycles. The zero-order chi connectivity index (χ0) is 16.7. The first-order chi connectivity index (χ1) is 11.1. The summed E-state index contributed by atoms with van der Waals surface area (Å²) in [6.07, 6.45) is 0.998. The minimum Gasteiger partial charge on any atom is -0.491 e. The normalized spacial score (nSPS) is 17.7. The number of carbonyl (C=O) groups is 1. The third kappa shape index (κ3) is 6.01. The fourth-order valence-electron chi connectivity index (χ4n) is 2.69. The Kier molecular flexibility index (Phi) is 7.15. The minimum atomic E-state index is -0.565. The van der Waals surface area contributed by atoms with Gasteiger partial charge in [-0.15, -0.1) is 0 Å². The van der Waals surface area contributed by atoms with Crippen LogP contribution in [0.5, 0.6) is 5.75 Å². The SMILES string of the molecule is CCOC(=O)C1CCN(C[C@@H](O)COc2ccc(Cl)cc2)CC1. The molecule has 1 fully saturated rings. The maximum absolute atomic E-state index is 11.7. The van der Waals surface area contributed by atoms with Gasteiger partial charge in [0.15, 0.2) is 0 Å². The lowest BCUT2D eigenvalue weighted by Crippen LogP contribution is -2.42.